The van der Waals surface area contributed by atoms with Crippen LogP contribution in [-0.2, 0) is 10.0 Å². The maximum atomic E-state index is 13.5. The van der Waals surface area contributed by atoms with E-state index >= 15 is 0 Å². The smallest absolute Gasteiger partial charge is 0.239 e. The number of halogens is 1. The first-order valence-electron chi connectivity index (χ1n) is 10.3. The molecular formula is C23H30FN3O5S. The van der Waals surface area contributed by atoms with Crippen molar-refractivity contribution in [1.82, 2.24) is 9.97 Å². The monoisotopic (exact) mass is 479 g/mol. The van der Waals surface area contributed by atoms with Crippen molar-refractivity contribution in [3.8, 4) is 11.3 Å². The number of aromatic nitrogens is 2. The molecule has 1 aromatic carbocycles. The molecule has 0 fully saturated rings. The lowest BCUT2D eigenvalue weighted by atomic mass is 9.97. The predicted octanol–water partition coefficient (Wildman–Crippen LogP) is 3.39. The van der Waals surface area contributed by atoms with E-state index in [-0.39, 0.29) is 30.5 Å². The molecule has 0 saturated heterocycles. The Morgan fingerprint density at radius 1 is 1.21 bits per heavy atom. The lowest BCUT2D eigenvalue weighted by molar-refractivity contribution is 0.0966. The molecule has 0 radical (unpaired) electrons. The van der Waals surface area contributed by atoms with E-state index in [1.54, 1.807) is 6.08 Å². The van der Waals surface area contributed by atoms with Crippen molar-refractivity contribution in [2.45, 2.75) is 44.8 Å². The molecule has 2 atom stereocenters. The topological polar surface area (TPSA) is 124 Å². The molecule has 1 heterocycles. The van der Waals surface area contributed by atoms with E-state index < -0.39 is 28.0 Å². The van der Waals surface area contributed by atoms with Crippen LogP contribution >= 0.6 is 0 Å². The molecule has 0 bridgehead atoms. The Morgan fingerprint density at radius 3 is 2.33 bits per heavy atom. The molecule has 3 N–H and O–H groups in total. The van der Waals surface area contributed by atoms with Gasteiger partial charge in [-0.05, 0) is 30.2 Å². The van der Waals surface area contributed by atoms with Gasteiger partial charge in [0.25, 0.3) is 0 Å². The summed E-state index contributed by atoms with van der Waals surface area (Å²) in [6, 6.07) is 5.59. The Balaban J connectivity index is 2.61. The van der Waals surface area contributed by atoms with E-state index in [9.17, 15) is 28.1 Å². The molecule has 8 nitrogen and oxygen atoms in total. The van der Waals surface area contributed by atoms with E-state index in [0.29, 0.717) is 22.5 Å². The van der Waals surface area contributed by atoms with Crippen molar-refractivity contribution in [3.05, 3.63) is 59.8 Å². The highest BCUT2D eigenvalue weighted by atomic mass is 32.2. The van der Waals surface area contributed by atoms with E-state index in [1.165, 1.54) is 37.4 Å². The van der Waals surface area contributed by atoms with Crippen LogP contribution in [-0.4, -0.2) is 59.2 Å². The Kier molecular flexibility index (Phi) is 8.70. The standard InChI is InChI=1S/C23H30FN3O5S/c1-14(2)21-20(11-10-18(29)13-19(30)12-15(3)28)22(16-6-8-17(24)9-7-16)26-23(25-21)27(4)33(5,31)32/h6-11,14,18-19,28-30H,3,12-13H2,1-2,4-5H3/b11-10+/t18-,19+/m1/s1. The molecule has 2 aromatic rings. The van der Waals surface area contributed by atoms with Crippen LogP contribution in [0.15, 0.2) is 42.7 Å². The molecule has 0 spiro atoms. The van der Waals surface area contributed by atoms with E-state index in [1.807, 2.05) is 13.8 Å². The summed E-state index contributed by atoms with van der Waals surface area (Å²) in [6.07, 6.45) is 1.99. The summed E-state index contributed by atoms with van der Waals surface area (Å²) in [4.78, 5) is 8.90. The third-order valence-electron chi connectivity index (χ3n) is 4.88. The summed E-state index contributed by atoms with van der Waals surface area (Å²) in [6.45, 7) is 7.08. The van der Waals surface area contributed by atoms with Gasteiger partial charge in [0.15, 0.2) is 0 Å². The average Bonchev–Trinajstić information content (AvgIpc) is 2.70. The van der Waals surface area contributed by atoms with Gasteiger partial charge in [0.05, 0.1) is 35.6 Å². The summed E-state index contributed by atoms with van der Waals surface area (Å²) in [7, 11) is -2.28. The number of aliphatic hydroxyl groups is 3. The molecule has 0 aliphatic heterocycles. The maximum Gasteiger partial charge on any atom is 0.239 e. The van der Waals surface area contributed by atoms with Crippen molar-refractivity contribution in [2.24, 2.45) is 0 Å². The van der Waals surface area contributed by atoms with Crippen LogP contribution in [0.25, 0.3) is 17.3 Å². The zero-order valence-corrected chi connectivity index (χ0v) is 19.9. The lowest BCUT2D eigenvalue weighted by Gasteiger charge is -2.20. The number of hydrogen-bond donors (Lipinski definition) is 3. The second-order valence-electron chi connectivity index (χ2n) is 8.15. The molecule has 1 aromatic heterocycles. The predicted molar refractivity (Wildman–Crippen MR) is 127 cm³/mol. The number of rotatable bonds is 10. The summed E-state index contributed by atoms with van der Waals surface area (Å²) in [5.41, 5.74) is 1.96. The van der Waals surface area contributed by atoms with Crippen LogP contribution in [0.4, 0.5) is 10.3 Å². The zero-order valence-electron chi connectivity index (χ0n) is 19.1. The average molecular weight is 480 g/mol. The molecule has 0 saturated carbocycles. The summed E-state index contributed by atoms with van der Waals surface area (Å²) >= 11 is 0. The zero-order chi connectivity index (χ0) is 24.9. The second kappa shape index (κ2) is 10.9. The van der Waals surface area contributed by atoms with Gasteiger partial charge in [0.2, 0.25) is 16.0 Å². The Labute approximate surface area is 193 Å². The maximum absolute atomic E-state index is 13.5. The minimum Gasteiger partial charge on any atom is -0.513 e. The highest BCUT2D eigenvalue weighted by Gasteiger charge is 2.22. The van der Waals surface area contributed by atoms with Gasteiger partial charge in [-0.25, -0.2) is 27.1 Å². The Hall–Kier alpha value is -2.82. The minimum absolute atomic E-state index is 0.0323. The Bertz CT molecular complexity index is 1120. The van der Waals surface area contributed by atoms with Gasteiger partial charge in [0.1, 0.15) is 5.82 Å². The number of anilines is 1. The van der Waals surface area contributed by atoms with Crippen molar-refractivity contribution in [3.63, 3.8) is 0 Å². The SMILES string of the molecule is C=C(O)C[C@H](O)C[C@H](O)/C=C/c1c(-c2ccc(F)cc2)nc(N(C)S(C)(=O)=O)nc1C(C)C. The van der Waals surface area contributed by atoms with Crippen LogP contribution in [0.2, 0.25) is 0 Å². The van der Waals surface area contributed by atoms with Crippen molar-refractivity contribution in [1.29, 1.82) is 0 Å². The third kappa shape index (κ3) is 7.34. The van der Waals surface area contributed by atoms with Gasteiger partial charge in [-0.2, -0.15) is 0 Å². The van der Waals surface area contributed by atoms with Crippen LogP contribution in [0.1, 0.15) is 43.9 Å². The highest BCUT2D eigenvalue weighted by molar-refractivity contribution is 7.92. The van der Waals surface area contributed by atoms with Gasteiger partial charge in [-0.1, -0.05) is 32.6 Å². The molecule has 0 unspecified atom stereocenters. The lowest BCUT2D eigenvalue weighted by Crippen LogP contribution is -2.27. The highest BCUT2D eigenvalue weighted by Crippen LogP contribution is 2.31. The molecule has 0 aliphatic carbocycles. The minimum atomic E-state index is -3.63. The van der Waals surface area contributed by atoms with Crippen LogP contribution in [0, 0.1) is 5.82 Å². The van der Waals surface area contributed by atoms with Gasteiger partial charge >= 0.3 is 0 Å². The fourth-order valence-electron chi connectivity index (χ4n) is 3.12. The van der Waals surface area contributed by atoms with Gasteiger partial charge in [-0.15, -0.1) is 0 Å². The molecule has 2 rings (SSSR count). The normalized spacial score (nSPS) is 13.9. The van der Waals surface area contributed by atoms with Crippen LogP contribution in [0.3, 0.4) is 0 Å². The fourth-order valence-corrected chi connectivity index (χ4v) is 3.49. The number of hydrogen-bond acceptors (Lipinski definition) is 7. The second-order valence-corrected chi connectivity index (χ2v) is 10.2. The molecule has 10 heteroatoms. The first-order chi connectivity index (χ1) is 15.3. The fraction of sp³-hybridized carbons (Fsp3) is 0.391. The van der Waals surface area contributed by atoms with E-state index in [0.717, 1.165) is 10.6 Å². The third-order valence-corrected chi connectivity index (χ3v) is 6.04. The summed E-state index contributed by atoms with van der Waals surface area (Å²) in [5, 5.41) is 29.5. The largest absolute Gasteiger partial charge is 0.513 e. The van der Waals surface area contributed by atoms with Crippen LogP contribution < -0.4 is 4.31 Å². The quantitative estimate of drug-likeness (QED) is 0.446. The Morgan fingerprint density at radius 2 is 1.82 bits per heavy atom. The molecule has 33 heavy (non-hydrogen) atoms. The number of nitrogens with zero attached hydrogens (tertiary/aromatic N) is 3. The first kappa shape index (κ1) is 26.4. The van der Waals surface area contributed by atoms with Crippen molar-refractivity contribution >= 4 is 22.0 Å². The number of aliphatic hydroxyl groups excluding tert-OH is 3. The van der Waals surface area contributed by atoms with E-state index in [2.05, 4.69) is 16.5 Å². The molecule has 0 amide bonds. The van der Waals surface area contributed by atoms with E-state index in [4.69, 9.17) is 0 Å². The number of sulfonamides is 1. The summed E-state index contributed by atoms with van der Waals surface area (Å²) in [5.74, 6) is -0.787. The molecule has 0 aliphatic rings. The number of benzene rings is 1. The first-order valence-corrected chi connectivity index (χ1v) is 12.2. The molecule has 180 valence electrons. The van der Waals surface area contributed by atoms with Crippen molar-refractivity contribution in [2.75, 3.05) is 17.6 Å². The van der Waals surface area contributed by atoms with Crippen molar-refractivity contribution < 1.29 is 28.1 Å². The van der Waals surface area contributed by atoms with Gasteiger partial charge < -0.3 is 15.3 Å². The molecular weight excluding hydrogens is 449 g/mol. The van der Waals surface area contributed by atoms with Gasteiger partial charge in [0, 0.05) is 31.0 Å². The summed E-state index contributed by atoms with van der Waals surface area (Å²) < 4.78 is 38.7. The van der Waals surface area contributed by atoms with Gasteiger partial charge in [-0.3, -0.25) is 0 Å². The van der Waals surface area contributed by atoms with Crippen LogP contribution in [0.5, 0.6) is 0 Å².